The lowest BCUT2D eigenvalue weighted by Gasteiger charge is -2.08. The molecular weight excluding hydrogens is 384 g/mol. The smallest absolute Gasteiger partial charge is 0.250 e. The number of carbonyl (C=O) groups excluding carboxylic acids is 1. The Morgan fingerprint density at radius 2 is 1.97 bits per heavy atom. The zero-order valence-corrected chi connectivity index (χ0v) is 17.4. The van der Waals surface area contributed by atoms with E-state index in [4.69, 9.17) is 9.47 Å². The summed E-state index contributed by atoms with van der Waals surface area (Å²) in [5, 5.41) is 5.28. The van der Waals surface area contributed by atoms with Crippen LogP contribution in [-0.4, -0.2) is 24.6 Å². The lowest BCUT2D eigenvalue weighted by Crippen LogP contribution is -2.07. The highest BCUT2D eigenvalue weighted by molar-refractivity contribution is 7.14. The van der Waals surface area contributed by atoms with Crippen molar-refractivity contribution in [3.8, 4) is 22.8 Å². The summed E-state index contributed by atoms with van der Waals surface area (Å²) in [6.07, 6.45) is 5.33. The molecular formula is C23H24N2O3S. The van der Waals surface area contributed by atoms with E-state index < -0.39 is 0 Å². The van der Waals surface area contributed by atoms with Gasteiger partial charge in [-0.1, -0.05) is 31.5 Å². The van der Waals surface area contributed by atoms with Crippen molar-refractivity contribution >= 4 is 28.5 Å². The number of para-hydroxylation sites is 1. The number of benzene rings is 2. The van der Waals surface area contributed by atoms with Crippen molar-refractivity contribution in [2.75, 3.05) is 19.0 Å². The number of ether oxygens (including phenoxy) is 2. The molecule has 29 heavy (non-hydrogen) atoms. The van der Waals surface area contributed by atoms with Gasteiger partial charge in [0.15, 0.2) is 5.13 Å². The molecule has 5 nitrogen and oxygen atoms in total. The summed E-state index contributed by atoms with van der Waals surface area (Å²) >= 11 is 1.39. The van der Waals surface area contributed by atoms with E-state index in [2.05, 4.69) is 17.2 Å². The third kappa shape index (κ3) is 5.93. The van der Waals surface area contributed by atoms with E-state index in [0.717, 1.165) is 41.2 Å². The van der Waals surface area contributed by atoms with Crippen molar-refractivity contribution in [1.29, 1.82) is 0 Å². The lowest BCUT2D eigenvalue weighted by molar-refractivity contribution is -0.111. The Morgan fingerprint density at radius 1 is 1.17 bits per heavy atom. The molecule has 0 saturated heterocycles. The van der Waals surface area contributed by atoms with Crippen LogP contribution in [0.15, 0.2) is 60.0 Å². The predicted octanol–water partition coefficient (Wildman–Crippen LogP) is 5.65. The van der Waals surface area contributed by atoms with Crippen LogP contribution in [0.25, 0.3) is 17.3 Å². The van der Waals surface area contributed by atoms with Crippen LogP contribution >= 0.6 is 11.3 Å². The normalized spacial score (nSPS) is 10.8. The van der Waals surface area contributed by atoms with Crippen LogP contribution in [0.4, 0.5) is 5.13 Å². The van der Waals surface area contributed by atoms with E-state index in [-0.39, 0.29) is 5.91 Å². The van der Waals surface area contributed by atoms with Crippen molar-refractivity contribution in [3.63, 3.8) is 0 Å². The largest absolute Gasteiger partial charge is 0.497 e. The van der Waals surface area contributed by atoms with Gasteiger partial charge in [0.05, 0.1) is 19.4 Å². The van der Waals surface area contributed by atoms with Crippen LogP contribution in [0.5, 0.6) is 11.5 Å². The Balaban J connectivity index is 1.62. The molecule has 1 amide bonds. The summed E-state index contributed by atoms with van der Waals surface area (Å²) in [5.74, 6) is 1.34. The monoisotopic (exact) mass is 408 g/mol. The fourth-order valence-electron chi connectivity index (χ4n) is 2.61. The molecule has 0 spiro atoms. The summed E-state index contributed by atoms with van der Waals surface area (Å²) in [6.45, 7) is 2.79. The number of methoxy groups -OCH3 is 1. The first-order chi connectivity index (χ1) is 14.2. The van der Waals surface area contributed by atoms with Gasteiger partial charge in [0, 0.05) is 22.6 Å². The number of thiazole rings is 1. The molecule has 0 bridgehead atoms. The van der Waals surface area contributed by atoms with Gasteiger partial charge in [0.1, 0.15) is 11.5 Å². The van der Waals surface area contributed by atoms with Crippen LogP contribution in [0.3, 0.4) is 0 Å². The van der Waals surface area contributed by atoms with Gasteiger partial charge in [-0.3, -0.25) is 10.1 Å². The second-order valence-electron chi connectivity index (χ2n) is 6.33. The minimum atomic E-state index is -0.232. The van der Waals surface area contributed by atoms with Gasteiger partial charge < -0.3 is 9.47 Å². The molecule has 2 aromatic carbocycles. The molecule has 1 aromatic heterocycles. The lowest BCUT2D eigenvalue weighted by atomic mass is 10.2. The number of nitrogens with one attached hydrogen (secondary N) is 1. The zero-order valence-electron chi connectivity index (χ0n) is 16.6. The van der Waals surface area contributed by atoms with Crippen molar-refractivity contribution in [2.24, 2.45) is 0 Å². The number of anilines is 1. The molecule has 1 N–H and O–H groups in total. The van der Waals surface area contributed by atoms with Crippen molar-refractivity contribution in [3.05, 3.63) is 65.6 Å². The Labute approximate surface area is 175 Å². The highest BCUT2D eigenvalue weighted by Gasteiger charge is 2.07. The summed E-state index contributed by atoms with van der Waals surface area (Å²) in [5.41, 5.74) is 2.65. The molecule has 3 aromatic rings. The van der Waals surface area contributed by atoms with E-state index in [1.54, 1.807) is 13.2 Å². The molecule has 1 heterocycles. The molecule has 0 saturated carbocycles. The molecule has 0 radical (unpaired) electrons. The van der Waals surface area contributed by atoms with Crippen LogP contribution in [0.1, 0.15) is 25.3 Å². The Hall–Kier alpha value is -3.12. The maximum Gasteiger partial charge on any atom is 0.250 e. The number of aromatic nitrogens is 1. The van der Waals surface area contributed by atoms with Gasteiger partial charge in [-0.2, -0.15) is 0 Å². The second-order valence-corrected chi connectivity index (χ2v) is 7.19. The van der Waals surface area contributed by atoms with Gasteiger partial charge in [0.25, 0.3) is 0 Å². The summed E-state index contributed by atoms with van der Waals surface area (Å²) < 4.78 is 11.0. The van der Waals surface area contributed by atoms with Gasteiger partial charge in [-0.25, -0.2) is 4.98 Å². The average Bonchev–Trinajstić information content (AvgIpc) is 3.21. The number of unbranched alkanes of at least 4 members (excludes halogenated alkanes) is 1. The molecule has 0 aliphatic rings. The number of hydrogen-bond donors (Lipinski definition) is 1. The van der Waals surface area contributed by atoms with Crippen molar-refractivity contribution in [1.82, 2.24) is 4.98 Å². The van der Waals surface area contributed by atoms with E-state index in [9.17, 15) is 4.79 Å². The molecule has 0 unspecified atom stereocenters. The second kappa shape index (κ2) is 10.4. The van der Waals surface area contributed by atoms with Gasteiger partial charge >= 0.3 is 0 Å². The molecule has 0 atom stereocenters. The van der Waals surface area contributed by atoms with Gasteiger partial charge in [-0.15, -0.1) is 11.3 Å². The van der Waals surface area contributed by atoms with E-state index in [1.165, 1.54) is 17.4 Å². The first kappa shape index (κ1) is 20.6. The van der Waals surface area contributed by atoms with Crippen LogP contribution in [-0.2, 0) is 4.79 Å². The van der Waals surface area contributed by atoms with Crippen molar-refractivity contribution in [2.45, 2.75) is 19.8 Å². The highest BCUT2D eigenvalue weighted by Crippen LogP contribution is 2.26. The first-order valence-electron chi connectivity index (χ1n) is 9.50. The van der Waals surface area contributed by atoms with Gasteiger partial charge in [-0.05, 0) is 42.8 Å². The number of carbonyl (C=O) groups is 1. The third-order valence-electron chi connectivity index (χ3n) is 4.21. The van der Waals surface area contributed by atoms with Crippen LogP contribution in [0, 0.1) is 0 Å². The number of nitrogens with zero attached hydrogens (tertiary/aromatic N) is 1. The Morgan fingerprint density at radius 3 is 2.72 bits per heavy atom. The molecule has 0 aliphatic carbocycles. The first-order valence-corrected chi connectivity index (χ1v) is 10.4. The Kier molecular flexibility index (Phi) is 7.41. The minimum absolute atomic E-state index is 0.232. The van der Waals surface area contributed by atoms with Gasteiger partial charge in [0.2, 0.25) is 5.91 Å². The number of amides is 1. The molecule has 150 valence electrons. The van der Waals surface area contributed by atoms with Crippen molar-refractivity contribution < 1.29 is 14.3 Å². The third-order valence-corrected chi connectivity index (χ3v) is 4.97. The maximum absolute atomic E-state index is 12.3. The van der Waals surface area contributed by atoms with Crippen LogP contribution in [0.2, 0.25) is 0 Å². The molecule has 0 fully saturated rings. The fourth-order valence-corrected chi connectivity index (χ4v) is 3.34. The van der Waals surface area contributed by atoms with E-state index in [0.29, 0.717) is 11.7 Å². The summed E-state index contributed by atoms with van der Waals surface area (Å²) in [7, 11) is 1.63. The topological polar surface area (TPSA) is 60.5 Å². The standard InChI is InChI=1S/C23H24N2O3S/c1-3-4-15-28-21-8-6-5-7-18(21)11-14-22(26)25-23-24-20(16-29-23)17-9-12-19(27-2)13-10-17/h5-14,16H,3-4,15H2,1-2H3,(H,24,25,26)/b14-11+. The van der Waals surface area contributed by atoms with Crippen LogP contribution < -0.4 is 14.8 Å². The molecule has 0 aliphatic heterocycles. The minimum Gasteiger partial charge on any atom is -0.497 e. The molecule has 6 heteroatoms. The zero-order chi connectivity index (χ0) is 20.5. The average molecular weight is 409 g/mol. The van der Waals surface area contributed by atoms with E-state index in [1.807, 2.05) is 53.9 Å². The maximum atomic E-state index is 12.3. The fraction of sp³-hybridized carbons (Fsp3) is 0.217. The molecule has 3 rings (SSSR count). The summed E-state index contributed by atoms with van der Waals surface area (Å²) in [6, 6.07) is 15.3. The van der Waals surface area contributed by atoms with E-state index >= 15 is 0 Å². The number of hydrogen-bond acceptors (Lipinski definition) is 5. The number of rotatable bonds is 9. The predicted molar refractivity (Wildman–Crippen MR) is 119 cm³/mol. The summed E-state index contributed by atoms with van der Waals surface area (Å²) in [4.78, 5) is 16.8. The SMILES string of the molecule is CCCCOc1ccccc1/C=C/C(=O)Nc1nc(-c2ccc(OC)cc2)cs1. The highest BCUT2D eigenvalue weighted by atomic mass is 32.1. The Bertz CT molecular complexity index is 964. The quantitative estimate of drug-likeness (QED) is 0.367.